The van der Waals surface area contributed by atoms with Crippen LogP contribution >= 0.6 is 0 Å². The number of fused-ring (bicyclic) bond motifs is 1. The van der Waals surface area contributed by atoms with Crippen LogP contribution in [0.1, 0.15) is 11.3 Å². The fraction of sp³-hybridized carbons (Fsp3) is 0.308. The highest BCUT2D eigenvalue weighted by Crippen LogP contribution is 2.27. The summed E-state index contributed by atoms with van der Waals surface area (Å²) in [6.07, 6.45) is 2.84. The zero-order valence-corrected chi connectivity index (χ0v) is 9.43. The van der Waals surface area contributed by atoms with Crippen molar-refractivity contribution >= 4 is 0 Å². The van der Waals surface area contributed by atoms with Gasteiger partial charge in [-0.2, -0.15) is 0 Å². The Bertz CT molecular complexity index is 457. The van der Waals surface area contributed by atoms with Crippen LogP contribution in [0.2, 0.25) is 0 Å². The molecule has 0 radical (unpaired) electrons. The summed E-state index contributed by atoms with van der Waals surface area (Å²) in [6.45, 7) is 1.51. The second kappa shape index (κ2) is 4.59. The minimum Gasteiger partial charge on any atom is -0.488 e. The first kappa shape index (κ1) is 10.4. The molecule has 0 bridgehead atoms. The monoisotopic (exact) mass is 230 g/mol. The predicted octanol–water partition coefficient (Wildman–Crippen LogP) is 1.77. The van der Waals surface area contributed by atoms with E-state index in [4.69, 9.17) is 9.26 Å². The number of hydrogen-bond acceptors (Lipinski definition) is 4. The Morgan fingerprint density at radius 2 is 2.24 bits per heavy atom. The summed E-state index contributed by atoms with van der Waals surface area (Å²) in [4.78, 5) is 0. The predicted molar refractivity (Wildman–Crippen MR) is 62.8 cm³/mol. The van der Waals surface area contributed by atoms with Gasteiger partial charge in [0.1, 0.15) is 17.6 Å². The molecule has 88 valence electrons. The van der Waals surface area contributed by atoms with Gasteiger partial charge in [0.2, 0.25) is 0 Å². The van der Waals surface area contributed by atoms with E-state index in [1.165, 1.54) is 5.56 Å². The highest BCUT2D eigenvalue weighted by Gasteiger charge is 2.21. The minimum absolute atomic E-state index is 0.218. The van der Waals surface area contributed by atoms with Gasteiger partial charge in [-0.25, -0.2) is 0 Å². The van der Waals surface area contributed by atoms with Crippen LogP contribution in [0.15, 0.2) is 41.1 Å². The van der Waals surface area contributed by atoms with Gasteiger partial charge in [0.05, 0.1) is 12.7 Å². The lowest BCUT2D eigenvalue weighted by atomic mass is 10.1. The van der Waals surface area contributed by atoms with E-state index in [1.807, 2.05) is 24.3 Å². The molecule has 1 aromatic carbocycles. The van der Waals surface area contributed by atoms with Gasteiger partial charge in [0, 0.05) is 19.0 Å². The number of hydrogen-bond donors (Lipinski definition) is 1. The Morgan fingerprint density at radius 1 is 1.29 bits per heavy atom. The van der Waals surface area contributed by atoms with Crippen molar-refractivity contribution in [1.82, 2.24) is 10.5 Å². The van der Waals surface area contributed by atoms with Crippen molar-refractivity contribution in [3.05, 3.63) is 47.9 Å². The maximum atomic E-state index is 5.82. The molecule has 1 aromatic heterocycles. The van der Waals surface area contributed by atoms with Crippen molar-refractivity contribution in [3.8, 4) is 5.75 Å². The Labute approximate surface area is 99.6 Å². The molecule has 0 saturated carbocycles. The molecule has 2 aromatic rings. The molecule has 0 fully saturated rings. The van der Waals surface area contributed by atoms with Gasteiger partial charge in [-0.1, -0.05) is 23.4 Å². The number of ether oxygens (including phenoxy) is 1. The average Bonchev–Trinajstić information content (AvgIpc) is 2.96. The molecule has 1 aliphatic heterocycles. The summed E-state index contributed by atoms with van der Waals surface area (Å²) >= 11 is 0. The molecular formula is C13H14N2O2. The third-order valence-electron chi connectivity index (χ3n) is 2.88. The van der Waals surface area contributed by atoms with Crippen molar-refractivity contribution < 1.29 is 9.26 Å². The second-order valence-electron chi connectivity index (χ2n) is 4.16. The second-order valence-corrected chi connectivity index (χ2v) is 4.16. The fourth-order valence-corrected chi connectivity index (χ4v) is 2.06. The summed E-state index contributed by atoms with van der Waals surface area (Å²) in [5.74, 6) is 1.86. The van der Waals surface area contributed by atoms with Crippen LogP contribution in [-0.4, -0.2) is 17.8 Å². The molecule has 2 heterocycles. The molecule has 17 heavy (non-hydrogen) atoms. The zero-order chi connectivity index (χ0) is 11.5. The van der Waals surface area contributed by atoms with Crippen LogP contribution in [0.3, 0.4) is 0 Å². The smallest absolute Gasteiger partial charge is 0.150 e. The van der Waals surface area contributed by atoms with Gasteiger partial charge in [-0.15, -0.1) is 0 Å². The van der Waals surface area contributed by atoms with E-state index in [0.29, 0.717) is 6.54 Å². The number of benzene rings is 1. The fourth-order valence-electron chi connectivity index (χ4n) is 2.06. The van der Waals surface area contributed by atoms with Gasteiger partial charge in [0.25, 0.3) is 0 Å². The quantitative estimate of drug-likeness (QED) is 0.869. The molecule has 1 N–H and O–H groups in total. The third-order valence-corrected chi connectivity index (χ3v) is 2.88. The van der Waals surface area contributed by atoms with Gasteiger partial charge in [-0.05, 0) is 11.6 Å². The van der Waals surface area contributed by atoms with E-state index in [2.05, 4.69) is 16.5 Å². The number of rotatable bonds is 4. The number of nitrogens with zero attached hydrogens (tertiary/aromatic N) is 1. The maximum absolute atomic E-state index is 5.82. The van der Waals surface area contributed by atoms with Crippen LogP contribution in [0.25, 0.3) is 0 Å². The number of aromatic nitrogens is 1. The SMILES string of the molecule is c1ccc2c(c1)CC(CNCc1ccno1)O2. The van der Waals surface area contributed by atoms with Gasteiger partial charge < -0.3 is 14.6 Å². The van der Waals surface area contributed by atoms with Crippen molar-refractivity contribution in [1.29, 1.82) is 0 Å². The number of nitrogens with one attached hydrogen (secondary N) is 1. The lowest BCUT2D eigenvalue weighted by molar-refractivity contribution is 0.225. The molecule has 0 spiro atoms. The Morgan fingerprint density at radius 3 is 3.06 bits per heavy atom. The third kappa shape index (κ3) is 2.31. The first-order chi connectivity index (χ1) is 8.42. The molecule has 0 saturated heterocycles. The van der Waals surface area contributed by atoms with E-state index in [1.54, 1.807) is 6.20 Å². The standard InChI is InChI=1S/C13H14N2O2/c1-2-4-13-10(3-1)7-12(16-13)9-14-8-11-5-6-15-17-11/h1-6,12,14H,7-9H2. The minimum atomic E-state index is 0.218. The van der Waals surface area contributed by atoms with Crippen LogP contribution in [0.4, 0.5) is 0 Å². The van der Waals surface area contributed by atoms with E-state index in [0.717, 1.165) is 24.5 Å². The van der Waals surface area contributed by atoms with Gasteiger partial charge >= 0.3 is 0 Å². The van der Waals surface area contributed by atoms with Crippen LogP contribution < -0.4 is 10.1 Å². The summed E-state index contributed by atoms with van der Waals surface area (Å²) in [5, 5.41) is 6.96. The van der Waals surface area contributed by atoms with Crippen LogP contribution in [0, 0.1) is 0 Å². The van der Waals surface area contributed by atoms with Crippen molar-refractivity contribution in [2.75, 3.05) is 6.54 Å². The topological polar surface area (TPSA) is 47.3 Å². The van der Waals surface area contributed by atoms with Crippen molar-refractivity contribution in [3.63, 3.8) is 0 Å². The molecule has 0 aliphatic carbocycles. The molecule has 4 nitrogen and oxygen atoms in total. The molecule has 1 unspecified atom stereocenters. The molecular weight excluding hydrogens is 216 g/mol. The van der Waals surface area contributed by atoms with E-state index in [9.17, 15) is 0 Å². The molecule has 1 atom stereocenters. The first-order valence-electron chi connectivity index (χ1n) is 5.76. The highest BCUT2D eigenvalue weighted by atomic mass is 16.5. The normalized spacial score (nSPS) is 17.8. The largest absolute Gasteiger partial charge is 0.488 e. The summed E-state index contributed by atoms with van der Waals surface area (Å²) < 4.78 is 10.8. The summed E-state index contributed by atoms with van der Waals surface area (Å²) in [6, 6.07) is 10.0. The summed E-state index contributed by atoms with van der Waals surface area (Å²) in [7, 11) is 0. The summed E-state index contributed by atoms with van der Waals surface area (Å²) in [5.41, 5.74) is 1.29. The van der Waals surface area contributed by atoms with Crippen LogP contribution in [-0.2, 0) is 13.0 Å². The lowest BCUT2D eigenvalue weighted by Crippen LogP contribution is -2.29. The first-order valence-corrected chi connectivity index (χ1v) is 5.76. The van der Waals surface area contributed by atoms with E-state index >= 15 is 0 Å². The number of para-hydroxylation sites is 1. The molecule has 4 heteroatoms. The Hall–Kier alpha value is -1.81. The molecule has 3 rings (SSSR count). The van der Waals surface area contributed by atoms with Crippen molar-refractivity contribution in [2.45, 2.75) is 19.1 Å². The van der Waals surface area contributed by atoms with Gasteiger partial charge in [0.15, 0.2) is 0 Å². The van der Waals surface area contributed by atoms with E-state index in [-0.39, 0.29) is 6.10 Å². The zero-order valence-electron chi connectivity index (χ0n) is 9.43. The van der Waals surface area contributed by atoms with Crippen LogP contribution in [0.5, 0.6) is 5.75 Å². The highest BCUT2D eigenvalue weighted by molar-refractivity contribution is 5.37. The lowest BCUT2D eigenvalue weighted by Gasteiger charge is -2.10. The Kier molecular flexibility index (Phi) is 2.80. The molecule has 0 amide bonds. The van der Waals surface area contributed by atoms with Gasteiger partial charge in [-0.3, -0.25) is 0 Å². The van der Waals surface area contributed by atoms with E-state index < -0.39 is 0 Å². The average molecular weight is 230 g/mol. The Balaban J connectivity index is 1.49. The molecule has 1 aliphatic rings. The maximum Gasteiger partial charge on any atom is 0.150 e. The van der Waals surface area contributed by atoms with Crippen molar-refractivity contribution in [2.24, 2.45) is 0 Å².